The molecule has 2 aromatic heterocycles. The predicted molar refractivity (Wildman–Crippen MR) is 87.4 cm³/mol. The smallest absolute Gasteiger partial charge is 0.264 e. The Balaban J connectivity index is 1.81. The number of carbonyl (C=O) groups is 1. The van der Waals surface area contributed by atoms with Gasteiger partial charge in [0, 0.05) is 24.1 Å². The minimum absolute atomic E-state index is 0.0761. The second-order valence-electron chi connectivity index (χ2n) is 4.96. The van der Waals surface area contributed by atoms with E-state index in [9.17, 15) is 4.79 Å². The van der Waals surface area contributed by atoms with Crippen LogP contribution in [0.15, 0.2) is 29.6 Å². The molecule has 3 nitrogen and oxygen atoms in total. The molecule has 21 heavy (non-hydrogen) atoms. The van der Waals surface area contributed by atoms with Gasteiger partial charge >= 0.3 is 0 Å². The lowest BCUT2D eigenvalue weighted by molar-refractivity contribution is 0.0273. The number of halogens is 1. The Labute approximate surface area is 137 Å². The highest BCUT2D eigenvalue weighted by molar-refractivity contribution is 7.18. The molecule has 3 heterocycles. The molecule has 1 aliphatic heterocycles. The maximum Gasteiger partial charge on any atom is 0.264 e. The lowest BCUT2D eigenvalue weighted by Crippen LogP contribution is -2.42. The number of amides is 1. The van der Waals surface area contributed by atoms with Gasteiger partial charge in [-0.25, -0.2) is 0 Å². The molecule has 1 amide bonds. The number of rotatable bonds is 4. The van der Waals surface area contributed by atoms with Crippen molar-refractivity contribution in [1.82, 2.24) is 4.90 Å². The van der Waals surface area contributed by atoms with Crippen molar-refractivity contribution in [3.8, 4) is 0 Å². The summed E-state index contributed by atoms with van der Waals surface area (Å²) in [4.78, 5) is 16.7. The van der Waals surface area contributed by atoms with Gasteiger partial charge in [0.05, 0.1) is 15.8 Å². The van der Waals surface area contributed by atoms with Gasteiger partial charge in [-0.05, 0) is 36.4 Å². The third kappa shape index (κ3) is 3.66. The lowest BCUT2D eigenvalue weighted by Gasteiger charge is -2.33. The molecular weight excluding hydrogens is 326 g/mol. The van der Waals surface area contributed by atoms with Gasteiger partial charge in [-0.15, -0.1) is 22.7 Å². The van der Waals surface area contributed by atoms with Crippen molar-refractivity contribution in [2.24, 2.45) is 0 Å². The molecule has 6 heteroatoms. The van der Waals surface area contributed by atoms with Gasteiger partial charge in [-0.1, -0.05) is 17.7 Å². The molecule has 3 rings (SSSR count). The normalized spacial score (nSPS) is 16.0. The van der Waals surface area contributed by atoms with Gasteiger partial charge in [0.25, 0.3) is 5.91 Å². The first-order valence-electron chi connectivity index (χ1n) is 6.90. The maximum atomic E-state index is 12.8. The van der Waals surface area contributed by atoms with E-state index in [0.29, 0.717) is 15.8 Å². The van der Waals surface area contributed by atoms with Crippen molar-refractivity contribution in [2.45, 2.75) is 25.4 Å². The number of carbonyl (C=O) groups excluding carboxylic acids is 1. The quantitative estimate of drug-likeness (QED) is 0.830. The van der Waals surface area contributed by atoms with Crippen LogP contribution in [-0.4, -0.2) is 30.1 Å². The van der Waals surface area contributed by atoms with Crippen molar-refractivity contribution < 1.29 is 9.53 Å². The van der Waals surface area contributed by atoms with Gasteiger partial charge in [-0.3, -0.25) is 4.79 Å². The van der Waals surface area contributed by atoms with Crippen LogP contribution in [0.2, 0.25) is 4.34 Å². The zero-order valence-corrected chi connectivity index (χ0v) is 13.8. The third-order valence-corrected chi connectivity index (χ3v) is 5.66. The molecule has 0 aromatic carbocycles. The van der Waals surface area contributed by atoms with Gasteiger partial charge in [0.2, 0.25) is 0 Å². The molecule has 0 saturated carbocycles. The summed E-state index contributed by atoms with van der Waals surface area (Å²) in [7, 11) is 0. The van der Waals surface area contributed by atoms with E-state index in [1.807, 2.05) is 22.4 Å². The van der Waals surface area contributed by atoms with Gasteiger partial charge < -0.3 is 9.64 Å². The summed E-state index contributed by atoms with van der Waals surface area (Å²) in [5.74, 6) is 0.0761. The average molecular weight is 342 g/mol. The summed E-state index contributed by atoms with van der Waals surface area (Å²) >= 11 is 9.00. The second kappa shape index (κ2) is 6.92. The van der Waals surface area contributed by atoms with Crippen LogP contribution in [0.25, 0.3) is 0 Å². The van der Waals surface area contributed by atoms with E-state index >= 15 is 0 Å². The summed E-state index contributed by atoms with van der Waals surface area (Å²) in [6.45, 7) is 2.12. The maximum absolute atomic E-state index is 12.8. The molecule has 1 aliphatic rings. The zero-order valence-electron chi connectivity index (χ0n) is 11.5. The fourth-order valence-corrected chi connectivity index (χ4v) is 4.21. The minimum Gasteiger partial charge on any atom is -0.381 e. The fraction of sp³-hybridized carbons (Fsp3) is 0.400. The van der Waals surface area contributed by atoms with E-state index in [0.717, 1.165) is 26.1 Å². The monoisotopic (exact) mass is 341 g/mol. The first-order valence-corrected chi connectivity index (χ1v) is 8.98. The topological polar surface area (TPSA) is 29.5 Å². The largest absolute Gasteiger partial charge is 0.381 e. The first-order chi connectivity index (χ1) is 10.2. The van der Waals surface area contributed by atoms with Crippen molar-refractivity contribution in [1.29, 1.82) is 0 Å². The molecule has 0 radical (unpaired) electrons. The molecule has 0 atom stereocenters. The van der Waals surface area contributed by atoms with Crippen LogP contribution in [-0.2, 0) is 11.3 Å². The Bertz CT molecular complexity index is 591. The number of ether oxygens (including phenoxy) is 1. The summed E-state index contributed by atoms with van der Waals surface area (Å²) in [6, 6.07) is 7.94. The predicted octanol–water partition coefficient (Wildman–Crippen LogP) is 4.28. The number of thiophene rings is 2. The molecule has 0 unspecified atom stereocenters. The molecule has 0 bridgehead atoms. The standard InChI is InChI=1S/C15H16ClNO2S2/c16-14-4-3-13(21-14)15(18)17(10-12-2-1-9-20-12)11-5-7-19-8-6-11/h1-4,9,11H,5-8,10H2. The Morgan fingerprint density at radius 3 is 2.76 bits per heavy atom. The second-order valence-corrected chi connectivity index (χ2v) is 7.71. The molecule has 1 fully saturated rings. The zero-order chi connectivity index (χ0) is 14.7. The molecule has 0 aliphatic carbocycles. The number of hydrogen-bond acceptors (Lipinski definition) is 4. The van der Waals surface area contributed by atoms with E-state index < -0.39 is 0 Å². The SMILES string of the molecule is O=C(c1ccc(Cl)s1)N(Cc1cccs1)C1CCOCC1. The summed E-state index contributed by atoms with van der Waals surface area (Å²) in [5, 5.41) is 2.05. The van der Waals surface area contributed by atoms with Crippen molar-refractivity contribution in [2.75, 3.05) is 13.2 Å². The summed E-state index contributed by atoms with van der Waals surface area (Å²) in [5.41, 5.74) is 0. The highest BCUT2D eigenvalue weighted by atomic mass is 35.5. The Morgan fingerprint density at radius 1 is 1.33 bits per heavy atom. The molecule has 0 spiro atoms. The van der Waals surface area contributed by atoms with Crippen LogP contribution in [0.3, 0.4) is 0 Å². The fourth-order valence-electron chi connectivity index (χ4n) is 2.50. The Morgan fingerprint density at radius 2 is 2.14 bits per heavy atom. The highest BCUT2D eigenvalue weighted by Gasteiger charge is 2.27. The van der Waals surface area contributed by atoms with Crippen LogP contribution >= 0.6 is 34.3 Å². The van der Waals surface area contributed by atoms with Gasteiger partial charge in [0.1, 0.15) is 0 Å². The van der Waals surface area contributed by atoms with E-state index in [4.69, 9.17) is 16.3 Å². The Kier molecular flexibility index (Phi) is 4.95. The number of nitrogens with zero attached hydrogens (tertiary/aromatic N) is 1. The van der Waals surface area contributed by atoms with Gasteiger partial charge in [-0.2, -0.15) is 0 Å². The van der Waals surface area contributed by atoms with Gasteiger partial charge in [0.15, 0.2) is 0 Å². The van der Waals surface area contributed by atoms with Crippen LogP contribution in [0.5, 0.6) is 0 Å². The molecule has 0 N–H and O–H groups in total. The Hall–Kier alpha value is -0.880. The lowest BCUT2D eigenvalue weighted by atomic mass is 10.1. The average Bonchev–Trinajstić information content (AvgIpc) is 3.16. The van der Waals surface area contributed by atoms with E-state index in [1.165, 1.54) is 16.2 Å². The van der Waals surface area contributed by atoms with Crippen molar-refractivity contribution in [3.63, 3.8) is 0 Å². The summed E-state index contributed by atoms with van der Waals surface area (Å²) in [6.07, 6.45) is 1.80. The third-order valence-electron chi connectivity index (χ3n) is 3.58. The summed E-state index contributed by atoms with van der Waals surface area (Å²) < 4.78 is 6.07. The van der Waals surface area contributed by atoms with Crippen molar-refractivity contribution >= 4 is 40.2 Å². The van der Waals surface area contributed by atoms with E-state index in [1.54, 1.807) is 17.4 Å². The van der Waals surface area contributed by atoms with Crippen LogP contribution in [0.4, 0.5) is 0 Å². The van der Waals surface area contributed by atoms with Crippen LogP contribution < -0.4 is 0 Å². The van der Waals surface area contributed by atoms with Crippen LogP contribution in [0, 0.1) is 0 Å². The number of hydrogen-bond donors (Lipinski definition) is 0. The highest BCUT2D eigenvalue weighted by Crippen LogP contribution is 2.27. The van der Waals surface area contributed by atoms with E-state index in [-0.39, 0.29) is 11.9 Å². The van der Waals surface area contributed by atoms with Crippen LogP contribution in [0.1, 0.15) is 27.4 Å². The minimum atomic E-state index is 0.0761. The van der Waals surface area contributed by atoms with Crippen molar-refractivity contribution in [3.05, 3.63) is 43.7 Å². The van der Waals surface area contributed by atoms with E-state index in [2.05, 4.69) is 6.07 Å². The first kappa shape index (κ1) is 15.0. The molecule has 1 saturated heterocycles. The molecular formula is C15H16ClNO2S2. The molecule has 2 aromatic rings. The molecule has 112 valence electrons.